The number of sulfonamides is 1. The number of rotatable bonds is 2. The molecule has 4 heterocycles. The predicted molar refractivity (Wildman–Crippen MR) is 90.7 cm³/mol. The van der Waals surface area contributed by atoms with Crippen molar-refractivity contribution in [2.75, 3.05) is 23.7 Å². The third-order valence-corrected chi connectivity index (χ3v) is 9.99. The number of benzene rings is 1. The van der Waals surface area contributed by atoms with Gasteiger partial charge in [0.2, 0.25) is 15.9 Å². The zero-order chi connectivity index (χ0) is 17.6. The number of sulfone groups is 1. The number of hydrogen-bond donors (Lipinski definition) is 0. The summed E-state index contributed by atoms with van der Waals surface area (Å²) in [7, 11) is -6.86. The highest BCUT2D eigenvalue weighted by Gasteiger charge is 2.52. The van der Waals surface area contributed by atoms with Crippen LogP contribution in [-0.4, -0.2) is 57.2 Å². The van der Waals surface area contributed by atoms with Gasteiger partial charge in [-0.3, -0.25) is 4.79 Å². The molecule has 1 aromatic carbocycles. The largest absolute Gasteiger partial charge is 0.312 e. The summed E-state index contributed by atoms with van der Waals surface area (Å²) in [4.78, 5) is 14.0. The number of anilines is 1. The minimum atomic E-state index is -3.72. The summed E-state index contributed by atoms with van der Waals surface area (Å²) in [5, 5.41) is -0.562. The van der Waals surface area contributed by atoms with E-state index in [-0.39, 0.29) is 23.1 Å². The molecule has 0 aromatic heterocycles. The van der Waals surface area contributed by atoms with Crippen molar-refractivity contribution in [3.05, 3.63) is 23.3 Å². The zero-order valence-electron chi connectivity index (χ0n) is 13.5. The fraction of sp³-hybridized carbons (Fsp3) is 0.562. The summed E-state index contributed by atoms with van der Waals surface area (Å²) in [6.07, 6.45) is 2.03. The molecule has 0 aliphatic carbocycles. The van der Waals surface area contributed by atoms with Crippen LogP contribution in [0.25, 0.3) is 0 Å². The molecule has 0 saturated carbocycles. The monoisotopic (exact) mass is 382 g/mol. The molecule has 4 aliphatic heterocycles. The van der Waals surface area contributed by atoms with Gasteiger partial charge in [0.15, 0.2) is 9.84 Å². The van der Waals surface area contributed by atoms with E-state index in [4.69, 9.17) is 0 Å². The van der Waals surface area contributed by atoms with Crippen LogP contribution in [0.2, 0.25) is 0 Å². The Balaban J connectivity index is 1.56. The van der Waals surface area contributed by atoms with E-state index >= 15 is 0 Å². The van der Waals surface area contributed by atoms with Crippen LogP contribution in [0.3, 0.4) is 0 Å². The number of amides is 1. The van der Waals surface area contributed by atoms with Crippen molar-refractivity contribution < 1.29 is 21.6 Å². The highest BCUT2D eigenvalue weighted by molar-refractivity contribution is 7.93. The fourth-order valence-electron chi connectivity index (χ4n) is 4.67. The summed E-state index contributed by atoms with van der Waals surface area (Å²) >= 11 is 0. The summed E-state index contributed by atoms with van der Waals surface area (Å²) in [6.45, 7) is 0.670. The first kappa shape index (κ1) is 15.8. The maximum atomic E-state index is 13.1. The van der Waals surface area contributed by atoms with Gasteiger partial charge < -0.3 is 4.90 Å². The number of aryl methyl sites for hydroxylation is 1. The molecule has 0 unspecified atom stereocenters. The number of fused-ring (bicyclic) bond motifs is 2. The Morgan fingerprint density at radius 1 is 1.08 bits per heavy atom. The van der Waals surface area contributed by atoms with E-state index in [1.807, 2.05) is 0 Å². The SMILES string of the molecule is O=C1CCc2cc(S(=O)(=O)N3C[C@H]4C[C@H]3CS4(=O)=O)cc3c2N1CC3. The van der Waals surface area contributed by atoms with Gasteiger partial charge in [0.25, 0.3) is 0 Å². The smallest absolute Gasteiger partial charge is 0.243 e. The maximum absolute atomic E-state index is 13.1. The van der Waals surface area contributed by atoms with Crippen molar-refractivity contribution in [3.63, 3.8) is 0 Å². The Morgan fingerprint density at radius 3 is 2.44 bits per heavy atom. The topological polar surface area (TPSA) is 91.8 Å². The fourth-order valence-corrected chi connectivity index (χ4v) is 8.66. The van der Waals surface area contributed by atoms with Gasteiger partial charge in [-0.25, -0.2) is 16.8 Å². The minimum Gasteiger partial charge on any atom is -0.312 e. The van der Waals surface area contributed by atoms with Gasteiger partial charge in [-0.1, -0.05) is 0 Å². The van der Waals surface area contributed by atoms with Gasteiger partial charge in [-0.2, -0.15) is 4.31 Å². The molecule has 5 rings (SSSR count). The van der Waals surface area contributed by atoms with Gasteiger partial charge in [0.1, 0.15) is 0 Å². The first-order valence-electron chi connectivity index (χ1n) is 8.47. The number of nitrogens with zero attached hydrogens (tertiary/aromatic N) is 2. The Kier molecular flexibility index (Phi) is 3.05. The molecule has 25 heavy (non-hydrogen) atoms. The molecule has 2 fully saturated rings. The average Bonchev–Trinajstić information content (AvgIpc) is 3.22. The molecular weight excluding hydrogens is 364 g/mol. The average molecular weight is 382 g/mol. The second kappa shape index (κ2) is 4.83. The molecular formula is C16H18N2O5S2. The first-order chi connectivity index (χ1) is 11.8. The highest BCUT2D eigenvalue weighted by atomic mass is 32.2. The molecule has 2 bridgehead atoms. The van der Waals surface area contributed by atoms with Crippen LogP contribution < -0.4 is 4.90 Å². The van der Waals surface area contributed by atoms with Crippen molar-refractivity contribution in [1.82, 2.24) is 4.31 Å². The Labute approximate surface area is 146 Å². The van der Waals surface area contributed by atoms with Crippen molar-refractivity contribution in [3.8, 4) is 0 Å². The van der Waals surface area contributed by atoms with Crippen LogP contribution in [0.1, 0.15) is 24.0 Å². The van der Waals surface area contributed by atoms with E-state index < -0.39 is 31.2 Å². The summed E-state index contributed by atoms with van der Waals surface area (Å²) in [6, 6.07) is 2.91. The van der Waals surface area contributed by atoms with E-state index in [2.05, 4.69) is 0 Å². The standard InChI is InChI=1S/C16H18N2O5S2/c19-15-2-1-10-5-13(6-11-3-4-17(15)16(10)11)25(22,23)18-8-14-7-12(18)9-24(14,20)21/h5-6,12,14H,1-4,7-9H2/t12-,14+/m0/s1. The van der Waals surface area contributed by atoms with E-state index in [1.165, 1.54) is 4.31 Å². The summed E-state index contributed by atoms with van der Waals surface area (Å²) in [5.41, 5.74) is 2.70. The molecule has 1 amide bonds. The van der Waals surface area contributed by atoms with Crippen LogP contribution in [0, 0.1) is 0 Å². The molecule has 7 nitrogen and oxygen atoms in total. The minimum absolute atomic E-state index is 0.0619. The Bertz CT molecular complexity index is 1020. The molecule has 134 valence electrons. The molecule has 0 radical (unpaired) electrons. The molecule has 2 atom stereocenters. The van der Waals surface area contributed by atoms with Crippen LogP contribution in [0.4, 0.5) is 5.69 Å². The van der Waals surface area contributed by atoms with E-state index in [9.17, 15) is 21.6 Å². The number of hydrogen-bond acceptors (Lipinski definition) is 5. The molecule has 4 aliphatic rings. The lowest BCUT2D eigenvalue weighted by Crippen LogP contribution is -2.44. The van der Waals surface area contributed by atoms with Crippen LogP contribution >= 0.6 is 0 Å². The molecule has 2 saturated heterocycles. The van der Waals surface area contributed by atoms with E-state index in [0.29, 0.717) is 32.2 Å². The summed E-state index contributed by atoms with van der Waals surface area (Å²) in [5.74, 6) is 0.0284. The van der Waals surface area contributed by atoms with Crippen LogP contribution in [0.5, 0.6) is 0 Å². The second-order valence-corrected chi connectivity index (χ2v) is 11.5. The van der Waals surface area contributed by atoms with Gasteiger partial charge in [0, 0.05) is 25.6 Å². The normalized spacial score (nSPS) is 30.1. The number of carbonyl (C=O) groups is 1. The van der Waals surface area contributed by atoms with Crippen LogP contribution in [0.15, 0.2) is 17.0 Å². The maximum Gasteiger partial charge on any atom is 0.243 e. The van der Waals surface area contributed by atoms with Gasteiger partial charge in [0.05, 0.1) is 21.6 Å². The Hall–Kier alpha value is -1.45. The van der Waals surface area contributed by atoms with Crippen molar-refractivity contribution in [2.45, 2.75) is 41.9 Å². The van der Waals surface area contributed by atoms with E-state index in [0.717, 1.165) is 16.8 Å². The molecule has 0 N–H and O–H groups in total. The Morgan fingerprint density at radius 2 is 1.80 bits per heavy atom. The van der Waals surface area contributed by atoms with Gasteiger partial charge in [-0.05, 0) is 42.5 Å². The zero-order valence-corrected chi connectivity index (χ0v) is 15.1. The second-order valence-electron chi connectivity index (χ2n) is 7.30. The lowest BCUT2D eigenvalue weighted by Gasteiger charge is -2.28. The molecule has 1 aromatic rings. The molecule has 9 heteroatoms. The van der Waals surface area contributed by atoms with Gasteiger partial charge >= 0.3 is 0 Å². The van der Waals surface area contributed by atoms with Gasteiger partial charge in [-0.15, -0.1) is 0 Å². The number of carbonyl (C=O) groups excluding carboxylic acids is 1. The first-order valence-corrected chi connectivity index (χ1v) is 11.6. The van der Waals surface area contributed by atoms with E-state index in [1.54, 1.807) is 17.0 Å². The van der Waals surface area contributed by atoms with Crippen molar-refractivity contribution in [2.24, 2.45) is 0 Å². The van der Waals surface area contributed by atoms with Crippen molar-refractivity contribution in [1.29, 1.82) is 0 Å². The lowest BCUT2D eigenvalue weighted by atomic mass is 10.00. The lowest BCUT2D eigenvalue weighted by molar-refractivity contribution is -0.118. The third kappa shape index (κ3) is 2.09. The van der Waals surface area contributed by atoms with Crippen molar-refractivity contribution >= 4 is 31.5 Å². The molecule has 0 spiro atoms. The highest BCUT2D eigenvalue weighted by Crippen LogP contribution is 2.41. The quantitative estimate of drug-likeness (QED) is 0.722. The summed E-state index contributed by atoms with van der Waals surface area (Å²) < 4.78 is 51.4. The van der Waals surface area contributed by atoms with Crippen LogP contribution in [-0.2, 0) is 37.5 Å². The predicted octanol–water partition coefficient (Wildman–Crippen LogP) is 0.0819. The third-order valence-electron chi connectivity index (χ3n) is 5.89.